The molecule has 0 atom stereocenters. The maximum atomic E-state index is 11.9. The van der Waals surface area contributed by atoms with Gasteiger partial charge in [0.05, 0.1) is 13.2 Å². The topological polar surface area (TPSA) is 41.6 Å². The van der Waals surface area contributed by atoms with Gasteiger partial charge in [0.1, 0.15) is 0 Å². The Morgan fingerprint density at radius 1 is 1.26 bits per heavy atom. The molecule has 1 aliphatic rings. The molecule has 0 radical (unpaired) electrons. The van der Waals surface area contributed by atoms with Crippen LogP contribution in [0.3, 0.4) is 0 Å². The van der Waals surface area contributed by atoms with Gasteiger partial charge < -0.3 is 10.1 Å². The highest BCUT2D eigenvalue weighted by atomic mass is 35.5. The summed E-state index contributed by atoms with van der Waals surface area (Å²) in [4.78, 5) is 14.2. The average Bonchev–Trinajstić information content (AvgIpc) is 2.48. The third-order valence-corrected chi connectivity index (χ3v) is 3.50. The summed E-state index contributed by atoms with van der Waals surface area (Å²) in [6.07, 6.45) is 0. The summed E-state index contributed by atoms with van der Waals surface area (Å²) in [7, 11) is 0. The largest absolute Gasteiger partial charge is 0.379 e. The number of carbonyl (C=O) groups is 1. The number of hydrogen-bond donors (Lipinski definition) is 1. The van der Waals surface area contributed by atoms with Gasteiger partial charge >= 0.3 is 0 Å². The van der Waals surface area contributed by atoms with Gasteiger partial charge in [-0.1, -0.05) is 12.1 Å². The maximum absolute atomic E-state index is 11.9. The van der Waals surface area contributed by atoms with Crippen molar-refractivity contribution in [1.82, 2.24) is 10.2 Å². The first-order chi connectivity index (χ1) is 9.29. The van der Waals surface area contributed by atoms with Crippen molar-refractivity contribution in [3.8, 4) is 0 Å². The fourth-order valence-corrected chi connectivity index (χ4v) is 2.18. The molecule has 0 saturated carbocycles. The Morgan fingerprint density at radius 3 is 2.58 bits per heavy atom. The van der Waals surface area contributed by atoms with Gasteiger partial charge in [0.2, 0.25) is 0 Å². The molecule has 1 heterocycles. The number of alkyl halides is 1. The third kappa shape index (κ3) is 4.49. The number of ether oxygens (including phenoxy) is 1. The monoisotopic (exact) mass is 282 g/mol. The molecule has 2 rings (SSSR count). The lowest BCUT2D eigenvalue weighted by molar-refractivity contribution is 0.0383. The van der Waals surface area contributed by atoms with Crippen molar-refractivity contribution in [3.05, 3.63) is 35.4 Å². The van der Waals surface area contributed by atoms with Crippen molar-refractivity contribution in [2.24, 2.45) is 0 Å². The van der Waals surface area contributed by atoms with E-state index in [0.717, 1.165) is 38.4 Å². The van der Waals surface area contributed by atoms with Gasteiger partial charge in [0.25, 0.3) is 5.91 Å². The third-order valence-electron chi connectivity index (χ3n) is 3.19. The number of nitrogens with one attached hydrogen (secondary N) is 1. The minimum absolute atomic E-state index is 0.0330. The molecule has 1 fully saturated rings. The molecule has 1 N–H and O–H groups in total. The van der Waals surface area contributed by atoms with Gasteiger partial charge in [-0.15, -0.1) is 11.6 Å². The lowest BCUT2D eigenvalue weighted by atomic mass is 10.1. The second-order valence-electron chi connectivity index (χ2n) is 4.54. The summed E-state index contributed by atoms with van der Waals surface area (Å²) in [5, 5.41) is 2.93. The van der Waals surface area contributed by atoms with E-state index in [9.17, 15) is 4.79 Å². The molecule has 0 aliphatic carbocycles. The molecule has 1 aromatic rings. The van der Waals surface area contributed by atoms with E-state index in [2.05, 4.69) is 10.2 Å². The van der Waals surface area contributed by atoms with Gasteiger partial charge in [-0.2, -0.15) is 0 Å². The van der Waals surface area contributed by atoms with Crippen LogP contribution in [-0.4, -0.2) is 50.2 Å². The number of amides is 1. The molecule has 19 heavy (non-hydrogen) atoms. The number of benzene rings is 1. The fourth-order valence-electron chi connectivity index (χ4n) is 2.00. The smallest absolute Gasteiger partial charge is 0.251 e. The summed E-state index contributed by atoms with van der Waals surface area (Å²) in [5.74, 6) is 0.438. The molecular formula is C14H19ClN2O2. The van der Waals surface area contributed by atoms with Crippen LogP contribution in [0.2, 0.25) is 0 Å². The van der Waals surface area contributed by atoms with Crippen LogP contribution in [-0.2, 0) is 10.6 Å². The lowest BCUT2D eigenvalue weighted by Crippen LogP contribution is -2.41. The Bertz CT molecular complexity index is 402. The molecule has 1 saturated heterocycles. The van der Waals surface area contributed by atoms with E-state index in [4.69, 9.17) is 16.3 Å². The lowest BCUT2D eigenvalue weighted by Gasteiger charge is -2.26. The predicted octanol–water partition coefficient (Wildman–Crippen LogP) is 1.49. The maximum Gasteiger partial charge on any atom is 0.251 e. The zero-order valence-corrected chi connectivity index (χ0v) is 11.7. The van der Waals surface area contributed by atoms with Crippen LogP contribution in [0.25, 0.3) is 0 Å². The van der Waals surface area contributed by atoms with E-state index in [1.807, 2.05) is 24.3 Å². The molecule has 0 spiro atoms. The average molecular weight is 283 g/mol. The van der Waals surface area contributed by atoms with Gasteiger partial charge in [0.15, 0.2) is 0 Å². The minimum atomic E-state index is -0.0330. The standard InChI is InChI=1S/C14H19ClN2O2/c15-11-12-1-3-13(4-2-12)14(18)16-5-6-17-7-9-19-10-8-17/h1-4H,5-11H2,(H,16,18). The molecule has 104 valence electrons. The minimum Gasteiger partial charge on any atom is -0.379 e. The predicted molar refractivity (Wildman–Crippen MR) is 75.6 cm³/mol. The first-order valence-corrected chi connectivity index (χ1v) is 7.06. The normalized spacial score (nSPS) is 16.3. The summed E-state index contributed by atoms with van der Waals surface area (Å²) < 4.78 is 5.28. The Balaban J connectivity index is 1.73. The van der Waals surface area contributed by atoms with Crippen LogP contribution in [0.15, 0.2) is 24.3 Å². The molecule has 1 aromatic carbocycles. The number of halogens is 1. The van der Waals surface area contributed by atoms with Crippen LogP contribution < -0.4 is 5.32 Å². The van der Waals surface area contributed by atoms with Gasteiger partial charge in [-0.05, 0) is 17.7 Å². The van der Waals surface area contributed by atoms with Gasteiger partial charge in [-0.25, -0.2) is 0 Å². The van der Waals surface area contributed by atoms with Crippen LogP contribution in [0, 0.1) is 0 Å². The van der Waals surface area contributed by atoms with Crippen molar-refractivity contribution < 1.29 is 9.53 Å². The molecule has 0 unspecified atom stereocenters. The fraction of sp³-hybridized carbons (Fsp3) is 0.500. The van der Waals surface area contributed by atoms with Gasteiger partial charge in [0, 0.05) is 37.6 Å². The summed E-state index contributed by atoms with van der Waals surface area (Å²) >= 11 is 5.71. The van der Waals surface area contributed by atoms with Crippen molar-refractivity contribution in [2.45, 2.75) is 5.88 Å². The Kier molecular flexibility index (Phi) is 5.63. The van der Waals surface area contributed by atoms with E-state index < -0.39 is 0 Å². The molecule has 4 nitrogen and oxygen atoms in total. The Morgan fingerprint density at radius 2 is 1.95 bits per heavy atom. The summed E-state index contributed by atoms with van der Waals surface area (Å²) in [5.41, 5.74) is 1.70. The van der Waals surface area contributed by atoms with Crippen LogP contribution in [0.4, 0.5) is 0 Å². The van der Waals surface area contributed by atoms with Crippen LogP contribution in [0.1, 0.15) is 15.9 Å². The van der Waals surface area contributed by atoms with Crippen molar-refractivity contribution in [1.29, 1.82) is 0 Å². The summed E-state index contributed by atoms with van der Waals surface area (Å²) in [6, 6.07) is 7.37. The van der Waals surface area contributed by atoms with Crippen molar-refractivity contribution in [3.63, 3.8) is 0 Å². The molecule has 0 bridgehead atoms. The Hall–Kier alpha value is -1.10. The number of nitrogens with zero attached hydrogens (tertiary/aromatic N) is 1. The highest BCUT2D eigenvalue weighted by Crippen LogP contribution is 2.06. The number of morpholine rings is 1. The van der Waals surface area contributed by atoms with E-state index in [1.54, 1.807) is 0 Å². The highest BCUT2D eigenvalue weighted by Gasteiger charge is 2.10. The van der Waals surface area contributed by atoms with E-state index in [0.29, 0.717) is 18.0 Å². The van der Waals surface area contributed by atoms with E-state index in [-0.39, 0.29) is 5.91 Å². The quantitative estimate of drug-likeness (QED) is 0.832. The molecular weight excluding hydrogens is 264 g/mol. The van der Waals surface area contributed by atoms with E-state index in [1.165, 1.54) is 0 Å². The SMILES string of the molecule is O=C(NCCN1CCOCC1)c1ccc(CCl)cc1. The molecule has 0 aromatic heterocycles. The van der Waals surface area contributed by atoms with Crippen LogP contribution >= 0.6 is 11.6 Å². The zero-order valence-electron chi connectivity index (χ0n) is 10.9. The number of carbonyl (C=O) groups excluding carboxylic acids is 1. The van der Waals surface area contributed by atoms with Crippen LogP contribution in [0.5, 0.6) is 0 Å². The Labute approximate surface area is 118 Å². The number of rotatable bonds is 5. The molecule has 1 aliphatic heterocycles. The van der Waals surface area contributed by atoms with Crippen molar-refractivity contribution in [2.75, 3.05) is 39.4 Å². The highest BCUT2D eigenvalue weighted by molar-refractivity contribution is 6.17. The summed E-state index contributed by atoms with van der Waals surface area (Å²) in [6.45, 7) is 4.99. The first kappa shape index (κ1) is 14.3. The molecule has 1 amide bonds. The second kappa shape index (κ2) is 7.48. The van der Waals surface area contributed by atoms with E-state index >= 15 is 0 Å². The zero-order chi connectivity index (χ0) is 13.5. The first-order valence-electron chi connectivity index (χ1n) is 6.53. The van der Waals surface area contributed by atoms with Gasteiger partial charge in [-0.3, -0.25) is 9.69 Å². The second-order valence-corrected chi connectivity index (χ2v) is 4.81. The number of hydrogen-bond acceptors (Lipinski definition) is 3. The molecule has 5 heteroatoms. The van der Waals surface area contributed by atoms with Crippen molar-refractivity contribution >= 4 is 17.5 Å².